The number of hydrogen-bond acceptors (Lipinski definition) is 5. The van der Waals surface area contributed by atoms with Crippen molar-refractivity contribution in [2.24, 2.45) is 0 Å². The number of Topliss-reactive ketones (excluding diaryl/α,β-unsaturated/α-hetero) is 1. The average Bonchev–Trinajstić information content (AvgIpc) is 3.41. The van der Waals surface area contributed by atoms with Crippen molar-refractivity contribution in [3.05, 3.63) is 53.9 Å². The number of ether oxygens (including phenoxy) is 2. The molecule has 3 aromatic rings. The van der Waals surface area contributed by atoms with E-state index in [0.717, 1.165) is 36.3 Å². The lowest BCUT2D eigenvalue weighted by Gasteiger charge is -2.08. The van der Waals surface area contributed by atoms with Gasteiger partial charge >= 0.3 is 0 Å². The van der Waals surface area contributed by atoms with Crippen LogP contribution in [-0.2, 0) is 9.53 Å². The van der Waals surface area contributed by atoms with Gasteiger partial charge in [0.05, 0.1) is 11.0 Å². The number of ketones is 1. The van der Waals surface area contributed by atoms with Gasteiger partial charge in [-0.25, -0.2) is 4.98 Å². The molecule has 0 bridgehead atoms. The SMILES string of the molecule is CCC(=O)c1ccc(OCC(=O)Nc2ccc3nc(C4CCCO4)[nH]c3c2)cc1. The molecule has 0 saturated carbocycles. The molecule has 2 N–H and O–H groups in total. The van der Waals surface area contributed by atoms with Crippen LogP contribution in [0.5, 0.6) is 5.75 Å². The summed E-state index contributed by atoms with van der Waals surface area (Å²) in [4.78, 5) is 31.7. The number of nitrogens with one attached hydrogen (secondary N) is 2. The van der Waals surface area contributed by atoms with E-state index in [-0.39, 0.29) is 24.4 Å². The van der Waals surface area contributed by atoms with Crippen molar-refractivity contribution in [3.63, 3.8) is 0 Å². The van der Waals surface area contributed by atoms with Gasteiger partial charge in [0.15, 0.2) is 12.4 Å². The molecular formula is C22H23N3O4. The molecule has 1 amide bonds. The number of rotatable bonds is 7. The van der Waals surface area contributed by atoms with Crippen molar-refractivity contribution in [1.82, 2.24) is 9.97 Å². The summed E-state index contributed by atoms with van der Waals surface area (Å²) in [6, 6.07) is 12.3. The van der Waals surface area contributed by atoms with Crippen LogP contribution in [0.2, 0.25) is 0 Å². The zero-order chi connectivity index (χ0) is 20.2. The third-order valence-electron chi connectivity index (χ3n) is 4.89. The number of hydrogen-bond donors (Lipinski definition) is 2. The van der Waals surface area contributed by atoms with E-state index in [1.807, 2.05) is 25.1 Å². The largest absolute Gasteiger partial charge is 0.484 e. The summed E-state index contributed by atoms with van der Waals surface area (Å²) in [5.41, 5.74) is 2.99. The quantitative estimate of drug-likeness (QED) is 0.591. The van der Waals surface area contributed by atoms with E-state index >= 15 is 0 Å². The summed E-state index contributed by atoms with van der Waals surface area (Å²) < 4.78 is 11.2. The minimum absolute atomic E-state index is 0.0212. The second-order valence-corrected chi connectivity index (χ2v) is 6.99. The topological polar surface area (TPSA) is 93.3 Å². The molecule has 1 atom stereocenters. The van der Waals surface area contributed by atoms with Crippen LogP contribution in [0.25, 0.3) is 11.0 Å². The Morgan fingerprint density at radius 1 is 1.24 bits per heavy atom. The predicted octanol–water partition coefficient (Wildman–Crippen LogP) is 4.02. The fourth-order valence-corrected chi connectivity index (χ4v) is 3.34. The van der Waals surface area contributed by atoms with Crippen molar-refractivity contribution < 1.29 is 19.1 Å². The summed E-state index contributed by atoms with van der Waals surface area (Å²) >= 11 is 0. The Bertz CT molecular complexity index is 1020. The van der Waals surface area contributed by atoms with Gasteiger partial charge in [0.2, 0.25) is 0 Å². The predicted molar refractivity (Wildman–Crippen MR) is 109 cm³/mol. The highest BCUT2D eigenvalue weighted by Crippen LogP contribution is 2.28. The Hall–Kier alpha value is -3.19. The first-order chi connectivity index (χ1) is 14.1. The second kappa shape index (κ2) is 8.45. The molecule has 1 aliphatic rings. The van der Waals surface area contributed by atoms with Gasteiger partial charge in [-0.15, -0.1) is 0 Å². The molecule has 4 rings (SSSR count). The van der Waals surface area contributed by atoms with Gasteiger partial charge < -0.3 is 19.8 Å². The molecule has 7 nitrogen and oxygen atoms in total. The molecule has 29 heavy (non-hydrogen) atoms. The van der Waals surface area contributed by atoms with Crippen LogP contribution in [0.15, 0.2) is 42.5 Å². The lowest BCUT2D eigenvalue weighted by molar-refractivity contribution is -0.118. The molecule has 1 unspecified atom stereocenters. The maximum absolute atomic E-state index is 12.2. The van der Waals surface area contributed by atoms with Crippen LogP contribution >= 0.6 is 0 Å². The van der Waals surface area contributed by atoms with Crippen molar-refractivity contribution >= 4 is 28.4 Å². The second-order valence-electron chi connectivity index (χ2n) is 6.99. The van der Waals surface area contributed by atoms with Crippen LogP contribution < -0.4 is 10.1 Å². The first kappa shape index (κ1) is 19.1. The number of carbonyl (C=O) groups is 2. The number of H-pyrrole nitrogens is 1. The number of fused-ring (bicyclic) bond motifs is 1. The van der Waals surface area contributed by atoms with Crippen LogP contribution in [0, 0.1) is 0 Å². The molecule has 0 aliphatic carbocycles. The monoisotopic (exact) mass is 393 g/mol. The zero-order valence-corrected chi connectivity index (χ0v) is 16.2. The van der Waals surface area contributed by atoms with E-state index in [4.69, 9.17) is 9.47 Å². The normalized spacial score (nSPS) is 16.1. The first-order valence-corrected chi connectivity index (χ1v) is 9.79. The maximum atomic E-state index is 12.2. The highest BCUT2D eigenvalue weighted by molar-refractivity contribution is 5.96. The zero-order valence-electron chi connectivity index (χ0n) is 16.2. The molecule has 1 fully saturated rings. The molecular weight excluding hydrogens is 370 g/mol. The number of aromatic amines is 1. The highest BCUT2D eigenvalue weighted by Gasteiger charge is 2.21. The van der Waals surface area contributed by atoms with Gasteiger partial charge in [-0.1, -0.05) is 6.92 Å². The number of benzene rings is 2. The number of amides is 1. The van der Waals surface area contributed by atoms with Gasteiger partial charge in [-0.2, -0.15) is 0 Å². The van der Waals surface area contributed by atoms with Crippen LogP contribution in [0.4, 0.5) is 5.69 Å². The van der Waals surface area contributed by atoms with E-state index in [2.05, 4.69) is 15.3 Å². The van der Waals surface area contributed by atoms with E-state index in [9.17, 15) is 9.59 Å². The van der Waals surface area contributed by atoms with Crippen LogP contribution in [0.3, 0.4) is 0 Å². The lowest BCUT2D eigenvalue weighted by Crippen LogP contribution is -2.20. The van der Waals surface area contributed by atoms with Crippen molar-refractivity contribution in [2.45, 2.75) is 32.3 Å². The van der Waals surface area contributed by atoms with Crippen LogP contribution in [0.1, 0.15) is 48.5 Å². The highest BCUT2D eigenvalue weighted by atomic mass is 16.5. The van der Waals surface area contributed by atoms with E-state index in [1.165, 1.54) is 0 Å². The average molecular weight is 393 g/mol. The van der Waals surface area contributed by atoms with Crippen molar-refractivity contribution in [1.29, 1.82) is 0 Å². The third-order valence-corrected chi connectivity index (χ3v) is 4.89. The summed E-state index contributed by atoms with van der Waals surface area (Å²) in [7, 11) is 0. The standard InChI is InChI=1S/C22H23N3O4/c1-2-19(26)14-5-8-16(9-6-14)29-13-21(27)23-15-7-10-17-18(12-15)25-22(24-17)20-4-3-11-28-20/h5-10,12,20H,2-4,11,13H2,1H3,(H,23,27)(H,24,25). The Labute approximate surface area is 168 Å². The van der Waals surface area contributed by atoms with Gasteiger partial charge in [-0.3, -0.25) is 9.59 Å². The molecule has 2 aromatic carbocycles. The molecule has 1 saturated heterocycles. The molecule has 1 aliphatic heterocycles. The fraction of sp³-hybridized carbons (Fsp3) is 0.318. The molecule has 2 heterocycles. The third kappa shape index (κ3) is 4.46. The summed E-state index contributed by atoms with van der Waals surface area (Å²) in [6.45, 7) is 2.46. The van der Waals surface area contributed by atoms with E-state index in [1.54, 1.807) is 24.3 Å². The van der Waals surface area contributed by atoms with Crippen molar-refractivity contribution in [3.8, 4) is 5.75 Å². The summed E-state index contributed by atoms with van der Waals surface area (Å²) in [6.07, 6.45) is 2.49. The molecule has 7 heteroatoms. The van der Waals surface area contributed by atoms with Gasteiger partial charge in [0.25, 0.3) is 5.91 Å². The molecule has 0 radical (unpaired) electrons. The van der Waals surface area contributed by atoms with Gasteiger partial charge in [0.1, 0.15) is 17.7 Å². The Kier molecular flexibility index (Phi) is 5.57. The Balaban J connectivity index is 1.35. The smallest absolute Gasteiger partial charge is 0.262 e. The number of carbonyl (C=O) groups excluding carboxylic acids is 2. The lowest BCUT2D eigenvalue weighted by atomic mass is 10.1. The first-order valence-electron chi connectivity index (χ1n) is 9.79. The maximum Gasteiger partial charge on any atom is 0.262 e. The number of anilines is 1. The fourth-order valence-electron chi connectivity index (χ4n) is 3.34. The Morgan fingerprint density at radius 3 is 2.79 bits per heavy atom. The minimum Gasteiger partial charge on any atom is -0.484 e. The van der Waals surface area contributed by atoms with Gasteiger partial charge in [0, 0.05) is 24.3 Å². The molecule has 1 aromatic heterocycles. The van der Waals surface area contributed by atoms with E-state index < -0.39 is 0 Å². The molecule has 0 spiro atoms. The number of imidazole rings is 1. The van der Waals surface area contributed by atoms with Gasteiger partial charge in [-0.05, 0) is 55.3 Å². The van der Waals surface area contributed by atoms with Crippen molar-refractivity contribution in [2.75, 3.05) is 18.5 Å². The van der Waals surface area contributed by atoms with E-state index in [0.29, 0.717) is 23.4 Å². The molecule has 150 valence electrons. The van der Waals surface area contributed by atoms with Crippen LogP contribution in [-0.4, -0.2) is 34.9 Å². The Morgan fingerprint density at radius 2 is 2.07 bits per heavy atom. The minimum atomic E-state index is -0.267. The number of nitrogens with zero attached hydrogens (tertiary/aromatic N) is 1. The summed E-state index contributed by atoms with van der Waals surface area (Å²) in [5, 5.41) is 2.82. The summed E-state index contributed by atoms with van der Waals surface area (Å²) in [5.74, 6) is 1.18. The number of aromatic nitrogens is 2.